The van der Waals surface area contributed by atoms with E-state index in [-0.39, 0.29) is 11.3 Å². The van der Waals surface area contributed by atoms with Gasteiger partial charge in [-0.1, -0.05) is 31.2 Å². The number of ketones is 1. The number of amides is 1. The minimum absolute atomic E-state index is 0.140. The van der Waals surface area contributed by atoms with E-state index in [9.17, 15) is 14.7 Å². The number of aryl methyl sites for hydroxylation is 2. The maximum absolute atomic E-state index is 12.9. The number of ether oxygens (including phenoxy) is 1. The van der Waals surface area contributed by atoms with Crippen LogP contribution in [0.4, 0.5) is 0 Å². The molecule has 1 atom stereocenters. The fourth-order valence-corrected chi connectivity index (χ4v) is 3.84. The Labute approximate surface area is 171 Å². The second kappa shape index (κ2) is 8.52. The van der Waals surface area contributed by atoms with Crippen molar-refractivity contribution in [2.24, 2.45) is 0 Å². The van der Waals surface area contributed by atoms with Crippen molar-refractivity contribution in [1.82, 2.24) is 4.90 Å². The highest BCUT2D eigenvalue weighted by molar-refractivity contribution is 6.46. The first kappa shape index (κ1) is 20.6. The van der Waals surface area contributed by atoms with Gasteiger partial charge in [0.25, 0.3) is 11.7 Å². The molecule has 5 nitrogen and oxygen atoms in total. The predicted molar refractivity (Wildman–Crippen MR) is 113 cm³/mol. The third kappa shape index (κ3) is 3.77. The quantitative estimate of drug-likeness (QED) is 0.445. The summed E-state index contributed by atoms with van der Waals surface area (Å²) >= 11 is 0. The molecule has 0 spiro atoms. The number of benzene rings is 2. The van der Waals surface area contributed by atoms with E-state index in [1.807, 2.05) is 52.0 Å². The fourth-order valence-electron chi connectivity index (χ4n) is 3.84. The first-order chi connectivity index (χ1) is 13.9. The lowest BCUT2D eigenvalue weighted by Gasteiger charge is -2.26. The van der Waals surface area contributed by atoms with Gasteiger partial charge in [0.1, 0.15) is 11.5 Å². The zero-order valence-corrected chi connectivity index (χ0v) is 17.4. The Hall–Kier alpha value is -3.08. The van der Waals surface area contributed by atoms with Crippen molar-refractivity contribution in [3.05, 3.63) is 70.3 Å². The molecule has 0 aliphatic carbocycles. The molecule has 1 amide bonds. The highest BCUT2D eigenvalue weighted by Crippen LogP contribution is 2.40. The Morgan fingerprint density at radius 1 is 1.07 bits per heavy atom. The predicted octanol–water partition coefficient (Wildman–Crippen LogP) is 4.53. The van der Waals surface area contributed by atoms with Gasteiger partial charge in [0.15, 0.2) is 0 Å². The van der Waals surface area contributed by atoms with Crippen LogP contribution in [-0.2, 0) is 9.59 Å². The number of aliphatic hydroxyl groups excluding tert-OH is 1. The number of rotatable bonds is 6. The number of nitrogens with zero attached hydrogens (tertiary/aromatic N) is 1. The lowest BCUT2D eigenvalue weighted by Crippen LogP contribution is -2.30. The molecule has 0 bridgehead atoms. The monoisotopic (exact) mass is 393 g/mol. The second-order valence-corrected chi connectivity index (χ2v) is 7.26. The molecule has 1 unspecified atom stereocenters. The number of carbonyl (C=O) groups is 2. The van der Waals surface area contributed by atoms with Crippen LogP contribution in [0.1, 0.15) is 48.6 Å². The maximum atomic E-state index is 12.9. The van der Waals surface area contributed by atoms with Gasteiger partial charge in [-0.3, -0.25) is 9.59 Å². The molecule has 2 aromatic carbocycles. The van der Waals surface area contributed by atoms with Gasteiger partial charge in [-0.15, -0.1) is 0 Å². The van der Waals surface area contributed by atoms with E-state index in [0.717, 1.165) is 28.9 Å². The Kier molecular flexibility index (Phi) is 6.06. The molecule has 1 N–H and O–H groups in total. The van der Waals surface area contributed by atoms with Crippen LogP contribution in [0.5, 0.6) is 5.75 Å². The molecule has 2 aromatic rings. The molecule has 0 saturated carbocycles. The first-order valence-corrected chi connectivity index (χ1v) is 9.98. The van der Waals surface area contributed by atoms with Gasteiger partial charge < -0.3 is 14.7 Å². The van der Waals surface area contributed by atoms with Crippen molar-refractivity contribution in [3.63, 3.8) is 0 Å². The average Bonchev–Trinajstić information content (AvgIpc) is 2.94. The fraction of sp³-hybridized carbons (Fsp3) is 0.333. The van der Waals surface area contributed by atoms with Crippen molar-refractivity contribution in [1.29, 1.82) is 0 Å². The van der Waals surface area contributed by atoms with Crippen LogP contribution in [0.2, 0.25) is 0 Å². The van der Waals surface area contributed by atoms with Gasteiger partial charge in [0.2, 0.25) is 0 Å². The SMILES string of the molecule is CCCN1C(=O)C(=O)/C(=C(/O)c2ccc(OCC)c(C)c2)C1c1ccccc1C. The molecule has 3 rings (SSSR count). The van der Waals surface area contributed by atoms with E-state index in [4.69, 9.17) is 4.74 Å². The van der Waals surface area contributed by atoms with Crippen molar-refractivity contribution in [2.45, 2.75) is 40.2 Å². The van der Waals surface area contributed by atoms with Crippen LogP contribution >= 0.6 is 0 Å². The highest BCUT2D eigenvalue weighted by atomic mass is 16.5. The van der Waals surface area contributed by atoms with Crippen LogP contribution in [0.25, 0.3) is 5.76 Å². The zero-order chi connectivity index (χ0) is 21.1. The van der Waals surface area contributed by atoms with E-state index in [1.165, 1.54) is 0 Å². The van der Waals surface area contributed by atoms with E-state index >= 15 is 0 Å². The second-order valence-electron chi connectivity index (χ2n) is 7.26. The summed E-state index contributed by atoms with van der Waals surface area (Å²) in [5.74, 6) is -0.632. The van der Waals surface area contributed by atoms with Gasteiger partial charge >= 0.3 is 0 Å². The minimum Gasteiger partial charge on any atom is -0.507 e. The van der Waals surface area contributed by atoms with Gasteiger partial charge in [-0.25, -0.2) is 0 Å². The van der Waals surface area contributed by atoms with Crippen molar-refractivity contribution in [3.8, 4) is 5.75 Å². The zero-order valence-electron chi connectivity index (χ0n) is 17.4. The van der Waals surface area contributed by atoms with E-state index in [2.05, 4.69) is 0 Å². The van der Waals surface area contributed by atoms with Crippen LogP contribution in [0.15, 0.2) is 48.0 Å². The first-order valence-electron chi connectivity index (χ1n) is 9.98. The molecule has 0 aromatic heterocycles. The molecule has 1 aliphatic rings. The summed E-state index contributed by atoms with van der Waals surface area (Å²) in [6.45, 7) is 8.69. The summed E-state index contributed by atoms with van der Waals surface area (Å²) in [6.07, 6.45) is 0.720. The lowest BCUT2D eigenvalue weighted by molar-refractivity contribution is -0.139. The molecule has 29 heavy (non-hydrogen) atoms. The summed E-state index contributed by atoms with van der Waals surface area (Å²) in [4.78, 5) is 27.2. The standard InChI is InChI=1S/C24H27NO4/c1-5-13-25-21(18-10-8-7-9-15(18)3)20(23(27)24(25)28)22(26)17-11-12-19(29-6-2)16(4)14-17/h7-12,14,21,26H,5-6,13H2,1-4H3/b22-20+. The summed E-state index contributed by atoms with van der Waals surface area (Å²) in [7, 11) is 0. The summed E-state index contributed by atoms with van der Waals surface area (Å²) < 4.78 is 5.56. The molecule has 1 heterocycles. The van der Waals surface area contributed by atoms with Crippen molar-refractivity contribution >= 4 is 17.4 Å². The molecule has 1 saturated heterocycles. The van der Waals surface area contributed by atoms with E-state index < -0.39 is 17.7 Å². The highest BCUT2D eigenvalue weighted by Gasteiger charge is 2.46. The normalized spacial score (nSPS) is 18.3. The Bertz CT molecular complexity index is 977. The van der Waals surface area contributed by atoms with E-state index in [1.54, 1.807) is 23.1 Å². The average molecular weight is 393 g/mol. The number of hydrogen-bond donors (Lipinski definition) is 1. The number of Topliss-reactive ketones (excluding diaryl/α,β-unsaturated/α-hetero) is 1. The molecule has 152 valence electrons. The van der Waals surface area contributed by atoms with Gasteiger partial charge in [-0.05, 0) is 62.1 Å². The Morgan fingerprint density at radius 3 is 2.41 bits per heavy atom. The third-order valence-corrected chi connectivity index (χ3v) is 5.24. The van der Waals surface area contributed by atoms with Crippen LogP contribution < -0.4 is 4.74 Å². The molecule has 5 heteroatoms. The minimum atomic E-state index is -0.643. The summed E-state index contributed by atoms with van der Waals surface area (Å²) in [5.41, 5.74) is 3.31. The van der Waals surface area contributed by atoms with Crippen molar-refractivity contribution < 1.29 is 19.4 Å². The summed E-state index contributed by atoms with van der Waals surface area (Å²) in [5, 5.41) is 11.1. The van der Waals surface area contributed by atoms with Gasteiger partial charge in [0, 0.05) is 12.1 Å². The molecule has 1 aliphatic heterocycles. The number of aliphatic hydroxyl groups is 1. The Balaban J connectivity index is 2.18. The summed E-state index contributed by atoms with van der Waals surface area (Å²) in [6, 6.07) is 12.3. The molecular weight excluding hydrogens is 366 g/mol. The lowest BCUT2D eigenvalue weighted by atomic mass is 9.92. The smallest absolute Gasteiger partial charge is 0.295 e. The maximum Gasteiger partial charge on any atom is 0.295 e. The molecular formula is C24H27NO4. The van der Waals surface area contributed by atoms with Crippen LogP contribution in [-0.4, -0.2) is 34.8 Å². The Morgan fingerprint density at radius 2 is 1.79 bits per heavy atom. The largest absolute Gasteiger partial charge is 0.507 e. The van der Waals surface area contributed by atoms with Crippen LogP contribution in [0, 0.1) is 13.8 Å². The van der Waals surface area contributed by atoms with Crippen molar-refractivity contribution in [2.75, 3.05) is 13.2 Å². The topological polar surface area (TPSA) is 66.8 Å². The molecule has 0 radical (unpaired) electrons. The number of hydrogen-bond acceptors (Lipinski definition) is 4. The van der Waals surface area contributed by atoms with E-state index in [0.29, 0.717) is 18.7 Å². The van der Waals surface area contributed by atoms with Gasteiger partial charge in [-0.2, -0.15) is 0 Å². The number of likely N-dealkylation sites (tertiary alicyclic amines) is 1. The molecule has 1 fully saturated rings. The van der Waals surface area contributed by atoms with Crippen LogP contribution in [0.3, 0.4) is 0 Å². The third-order valence-electron chi connectivity index (χ3n) is 5.24. The van der Waals surface area contributed by atoms with Gasteiger partial charge in [0.05, 0.1) is 18.2 Å². The number of carbonyl (C=O) groups excluding carboxylic acids is 2.